The van der Waals surface area contributed by atoms with Gasteiger partial charge in [0.05, 0.1) is 18.0 Å². The van der Waals surface area contributed by atoms with Crippen LogP contribution in [0.1, 0.15) is 123 Å². The number of nitrogens with one attached hydrogen (secondary N) is 6. The summed E-state index contributed by atoms with van der Waals surface area (Å²) in [6.45, 7) is 4.54. The van der Waals surface area contributed by atoms with E-state index in [0.29, 0.717) is 38.6 Å². The van der Waals surface area contributed by atoms with Crippen molar-refractivity contribution < 1.29 is 69.6 Å². The van der Waals surface area contributed by atoms with Crippen molar-refractivity contribution in [1.82, 2.24) is 21.3 Å². The second kappa shape index (κ2) is 28.5. The van der Waals surface area contributed by atoms with Crippen molar-refractivity contribution in [1.29, 1.82) is 0 Å². The van der Waals surface area contributed by atoms with Crippen molar-refractivity contribution in [3.8, 4) is 5.75 Å². The van der Waals surface area contributed by atoms with Crippen LogP contribution in [-0.2, 0) is 28.7 Å². The Bertz CT molecular complexity index is 2420. The number of Topliss-reactive ketones (excluding diaryl/α,β-unsaturated/α-hetero) is 2. The SMILES string of the molecule is [2H]C([2H])([2H])C(=O)Nc1cccc(C(=O)N[C@H](CCCCNC(=O)OC(C)(C)C)C(=O)CCl)c1.[2H]C([2H])([2H])C(=O)Nc1cccc(C(=O)N[C@H](CCCCNC(=O)OC(C)(C)C)C(=O)COc2c(F)cccc2F)c1. The number of carbonyl (C=O) groups is 8. The summed E-state index contributed by atoms with van der Waals surface area (Å²) in [5, 5.41) is 14.8. The number of hydrogen-bond donors (Lipinski definition) is 6. The molecule has 0 saturated heterocycles. The summed E-state index contributed by atoms with van der Waals surface area (Å²) in [4.78, 5) is 97.6. The first kappa shape index (κ1) is 47.8. The zero-order chi connectivity index (χ0) is 56.0. The number of amides is 6. The van der Waals surface area contributed by atoms with E-state index in [-0.39, 0.29) is 47.1 Å². The molecule has 0 fully saturated rings. The molecule has 0 aliphatic carbocycles. The number of unbranched alkanes of at least 4 members (excludes halogenated alkanes) is 2. The van der Waals surface area contributed by atoms with Gasteiger partial charge in [-0.05, 0) is 129 Å². The lowest BCUT2D eigenvalue weighted by molar-refractivity contribution is -0.123. The van der Waals surface area contributed by atoms with Crippen LogP contribution in [0, 0.1) is 11.6 Å². The van der Waals surface area contributed by atoms with Gasteiger partial charge < -0.3 is 46.1 Å². The number of ether oxygens (including phenoxy) is 3. The van der Waals surface area contributed by atoms with Crippen LogP contribution in [0.2, 0.25) is 0 Å². The summed E-state index contributed by atoms with van der Waals surface area (Å²) in [6, 6.07) is 12.2. The van der Waals surface area contributed by atoms with Crippen molar-refractivity contribution in [2.24, 2.45) is 0 Å². The molecule has 0 heterocycles. The predicted molar refractivity (Wildman–Crippen MR) is 253 cm³/mol. The van der Waals surface area contributed by atoms with Gasteiger partial charge in [-0.15, -0.1) is 11.6 Å². The normalized spacial score (nSPS) is 13.5. The Kier molecular flexibility index (Phi) is 20.1. The Balaban J connectivity index is 0.000000519. The van der Waals surface area contributed by atoms with Crippen LogP contribution >= 0.6 is 11.6 Å². The monoisotopic (exact) mass is 978 g/mol. The Morgan fingerprint density at radius 2 is 1.03 bits per heavy atom. The van der Waals surface area contributed by atoms with Crippen LogP contribution in [0.3, 0.4) is 0 Å². The molecule has 0 aliphatic rings. The third kappa shape index (κ3) is 23.7. The van der Waals surface area contributed by atoms with Crippen molar-refractivity contribution in [2.45, 2.75) is 117 Å². The third-order valence-corrected chi connectivity index (χ3v) is 9.00. The minimum Gasteiger partial charge on any atom is -0.480 e. The first-order valence-corrected chi connectivity index (χ1v) is 21.9. The molecular weight excluding hydrogens is 910 g/mol. The van der Waals surface area contributed by atoms with Gasteiger partial charge in [0.25, 0.3) is 11.8 Å². The topological polar surface area (TPSA) is 236 Å². The average molecular weight is 980 g/mol. The lowest BCUT2D eigenvalue weighted by Crippen LogP contribution is -2.43. The van der Waals surface area contributed by atoms with Gasteiger partial charge in [-0.25, -0.2) is 18.4 Å². The molecule has 0 aliphatic heterocycles. The number of halogens is 3. The highest BCUT2D eigenvalue weighted by molar-refractivity contribution is 6.28. The number of rotatable bonds is 22. The molecule has 20 heteroatoms. The zero-order valence-corrected chi connectivity index (χ0v) is 39.5. The molecule has 372 valence electrons. The van der Waals surface area contributed by atoms with E-state index in [0.717, 1.165) is 18.2 Å². The zero-order valence-electron chi connectivity index (χ0n) is 44.7. The van der Waals surface area contributed by atoms with Crippen molar-refractivity contribution >= 4 is 70.4 Å². The lowest BCUT2D eigenvalue weighted by Gasteiger charge is -2.20. The van der Waals surface area contributed by atoms with E-state index in [9.17, 15) is 47.1 Å². The van der Waals surface area contributed by atoms with Crippen molar-refractivity contribution in [3.63, 3.8) is 0 Å². The smallest absolute Gasteiger partial charge is 0.407 e. The number of ketones is 2. The van der Waals surface area contributed by atoms with Gasteiger partial charge in [0.2, 0.25) is 11.8 Å². The summed E-state index contributed by atoms with van der Waals surface area (Å²) in [5.41, 5.74) is -0.934. The van der Waals surface area contributed by atoms with E-state index < -0.39 is 103 Å². The Labute approximate surface area is 408 Å². The first-order valence-electron chi connectivity index (χ1n) is 24.4. The number of carbonyl (C=O) groups excluding carboxylic acids is 8. The molecule has 0 saturated carbocycles. The first-order chi connectivity index (χ1) is 34.3. The summed E-state index contributed by atoms with van der Waals surface area (Å²) < 4.78 is 86.0. The molecule has 68 heavy (non-hydrogen) atoms. The van der Waals surface area contributed by atoms with Crippen LogP contribution in [0.5, 0.6) is 5.75 Å². The number of para-hydroxylation sites is 1. The molecule has 0 bridgehead atoms. The van der Waals surface area contributed by atoms with Crippen molar-refractivity contribution in [3.05, 3.63) is 89.5 Å². The fourth-order valence-electron chi connectivity index (χ4n) is 5.76. The summed E-state index contributed by atoms with van der Waals surface area (Å²) in [5.74, 6) is -7.75. The van der Waals surface area contributed by atoms with Gasteiger partial charge in [0.15, 0.2) is 29.0 Å². The number of alkyl halides is 1. The van der Waals surface area contributed by atoms with Gasteiger partial charge in [-0.3, -0.25) is 28.8 Å². The van der Waals surface area contributed by atoms with Gasteiger partial charge >= 0.3 is 12.2 Å². The highest BCUT2D eigenvalue weighted by Gasteiger charge is 2.25. The molecule has 0 unspecified atom stereocenters. The van der Waals surface area contributed by atoms with E-state index in [1.807, 2.05) is 0 Å². The van der Waals surface area contributed by atoms with Gasteiger partial charge in [0, 0.05) is 57.5 Å². The quantitative estimate of drug-likeness (QED) is 0.0423. The Hall–Kier alpha value is -6.63. The van der Waals surface area contributed by atoms with Crippen molar-refractivity contribution in [2.75, 3.05) is 36.2 Å². The van der Waals surface area contributed by atoms with E-state index >= 15 is 0 Å². The molecule has 0 radical (unpaired) electrons. The highest BCUT2D eigenvalue weighted by atomic mass is 35.5. The van der Waals surface area contributed by atoms with Crippen LogP contribution in [0.25, 0.3) is 0 Å². The number of hydrogen-bond acceptors (Lipinski definition) is 11. The number of anilines is 2. The second-order valence-electron chi connectivity index (χ2n) is 16.9. The summed E-state index contributed by atoms with van der Waals surface area (Å²) in [7, 11) is 0. The van der Waals surface area contributed by atoms with Gasteiger partial charge in [-0.2, -0.15) is 0 Å². The molecule has 2 atom stereocenters. The maximum atomic E-state index is 13.9. The van der Waals surface area contributed by atoms with Gasteiger partial charge in [0.1, 0.15) is 17.8 Å². The molecule has 6 N–H and O–H groups in total. The van der Waals surface area contributed by atoms with Gasteiger partial charge in [-0.1, -0.05) is 18.2 Å². The molecule has 0 spiro atoms. The van der Waals surface area contributed by atoms with Crippen LogP contribution in [-0.4, -0.2) is 96.2 Å². The predicted octanol–water partition coefficient (Wildman–Crippen LogP) is 7.61. The minimum atomic E-state index is -2.90. The molecule has 6 amide bonds. The maximum absolute atomic E-state index is 13.9. The molecular formula is C48H63ClF2N6O11. The lowest BCUT2D eigenvalue weighted by atomic mass is 10.0. The summed E-state index contributed by atoms with van der Waals surface area (Å²) in [6.07, 6.45) is 1.12. The van der Waals surface area contributed by atoms with Crippen LogP contribution in [0.4, 0.5) is 29.7 Å². The second-order valence-corrected chi connectivity index (χ2v) is 17.1. The number of benzene rings is 3. The minimum absolute atomic E-state index is 0.0128. The van der Waals surface area contributed by atoms with E-state index in [4.69, 9.17) is 34.0 Å². The molecule has 3 aromatic rings. The average Bonchev–Trinajstić information content (AvgIpc) is 3.28. The van der Waals surface area contributed by atoms with Crippen LogP contribution < -0.4 is 36.6 Å². The summed E-state index contributed by atoms with van der Waals surface area (Å²) >= 11 is 5.67. The fourth-order valence-corrected chi connectivity index (χ4v) is 5.95. The van der Waals surface area contributed by atoms with E-state index in [1.165, 1.54) is 48.5 Å². The molecule has 3 rings (SSSR count). The van der Waals surface area contributed by atoms with Crippen LogP contribution in [0.15, 0.2) is 66.7 Å². The fraction of sp³-hybridized carbons (Fsp3) is 0.458. The van der Waals surface area contributed by atoms with E-state index in [2.05, 4.69) is 31.9 Å². The number of alkyl carbamates (subject to hydrolysis) is 2. The maximum Gasteiger partial charge on any atom is 0.407 e. The molecule has 17 nitrogen and oxygen atoms in total. The standard InChI is InChI=1S/C27H33F2N3O6.C21H30ClN3O5/c1-17(33)31-19-10-7-9-18(15-19)25(35)32-22(13-5-6-14-30-26(36)38-27(2,3)4)23(34)16-37-24-20(28)11-8-12-21(24)29;1-14(26)24-16-9-7-8-15(12-16)19(28)25-17(18(27)13-22)10-5-6-11-23-20(29)30-21(2,3)4/h7-12,15,22H,5-6,13-14,16H2,1-4H3,(H,30,36)(H,31,33)(H,32,35);7-9,12,17H,5-6,10-11,13H2,1-4H3,(H,23,29)(H,24,26)(H,25,28)/t22-;17-/m11/s1/i2*1D3. The largest absolute Gasteiger partial charge is 0.480 e. The van der Waals surface area contributed by atoms with E-state index in [1.54, 1.807) is 41.5 Å². The third-order valence-electron chi connectivity index (χ3n) is 8.74. The molecule has 3 aromatic carbocycles. The Morgan fingerprint density at radius 1 is 0.618 bits per heavy atom. The highest BCUT2D eigenvalue weighted by Crippen LogP contribution is 2.21. The Morgan fingerprint density at radius 3 is 1.43 bits per heavy atom. The molecule has 0 aromatic heterocycles.